The number of hydrogen-bond acceptors (Lipinski definition) is 3. The molecule has 1 atom stereocenters. The lowest BCUT2D eigenvalue weighted by molar-refractivity contribution is -0.124. The fourth-order valence-corrected chi connectivity index (χ4v) is 2.73. The van der Waals surface area contributed by atoms with Crippen LogP contribution in [0.15, 0.2) is 5.16 Å². The Morgan fingerprint density at radius 2 is 1.74 bits per heavy atom. The van der Waals surface area contributed by atoms with E-state index in [9.17, 15) is 4.79 Å². The lowest BCUT2D eigenvalue weighted by atomic mass is 9.92. The Balaban J connectivity index is 2.59. The number of carbonyl (C=O) groups is 1. The Kier molecular flexibility index (Phi) is 6.67. The summed E-state index contributed by atoms with van der Waals surface area (Å²) in [5.74, 6) is -0.644. The van der Waals surface area contributed by atoms with Crippen LogP contribution in [-0.2, 0) is 4.79 Å². The summed E-state index contributed by atoms with van der Waals surface area (Å²) < 4.78 is 0. The van der Waals surface area contributed by atoms with Gasteiger partial charge in [-0.05, 0) is 18.8 Å². The fourth-order valence-electron chi connectivity index (χ4n) is 2.73. The van der Waals surface area contributed by atoms with Crippen molar-refractivity contribution in [1.29, 1.82) is 0 Å². The number of amides is 1. The number of nitrogens with zero attached hydrogens (tertiary/aromatic N) is 1. The van der Waals surface area contributed by atoms with Gasteiger partial charge in [0, 0.05) is 6.04 Å². The zero-order valence-electron chi connectivity index (χ0n) is 12.1. The SMILES string of the molecule is CC(C)C(C(=O)NC1CCCCCCC1)C(N)=NO. The Morgan fingerprint density at radius 3 is 2.21 bits per heavy atom. The van der Waals surface area contributed by atoms with E-state index in [1.807, 2.05) is 13.8 Å². The van der Waals surface area contributed by atoms with Gasteiger partial charge in [0.25, 0.3) is 0 Å². The highest BCUT2D eigenvalue weighted by atomic mass is 16.4. The van der Waals surface area contributed by atoms with Crippen molar-refractivity contribution in [3.05, 3.63) is 0 Å². The monoisotopic (exact) mass is 269 g/mol. The highest BCUT2D eigenvalue weighted by Gasteiger charge is 2.28. The number of hydrogen-bond donors (Lipinski definition) is 3. The number of nitrogens with one attached hydrogen (secondary N) is 1. The predicted molar refractivity (Wildman–Crippen MR) is 76.0 cm³/mol. The van der Waals surface area contributed by atoms with Gasteiger partial charge in [0.1, 0.15) is 5.92 Å². The summed E-state index contributed by atoms with van der Waals surface area (Å²) in [4.78, 5) is 12.3. The van der Waals surface area contributed by atoms with Gasteiger partial charge in [-0.2, -0.15) is 0 Å². The first-order valence-corrected chi connectivity index (χ1v) is 7.34. The van der Waals surface area contributed by atoms with Gasteiger partial charge in [-0.3, -0.25) is 4.79 Å². The first-order chi connectivity index (χ1) is 9.06. The largest absolute Gasteiger partial charge is 0.409 e. The Labute approximate surface area is 115 Å². The number of carbonyl (C=O) groups excluding carboxylic acids is 1. The van der Waals surface area contributed by atoms with Crippen molar-refractivity contribution in [2.24, 2.45) is 22.7 Å². The van der Waals surface area contributed by atoms with Gasteiger partial charge in [-0.15, -0.1) is 0 Å². The van der Waals surface area contributed by atoms with E-state index in [-0.39, 0.29) is 23.7 Å². The van der Waals surface area contributed by atoms with E-state index in [0.29, 0.717) is 0 Å². The Bertz CT molecular complexity index is 308. The van der Waals surface area contributed by atoms with E-state index in [2.05, 4.69) is 10.5 Å². The van der Waals surface area contributed by atoms with E-state index in [4.69, 9.17) is 10.9 Å². The van der Waals surface area contributed by atoms with Gasteiger partial charge in [-0.25, -0.2) is 0 Å². The highest BCUT2D eigenvalue weighted by molar-refractivity contribution is 6.02. The van der Waals surface area contributed by atoms with E-state index in [1.54, 1.807) is 0 Å². The summed E-state index contributed by atoms with van der Waals surface area (Å²) in [6.07, 6.45) is 8.21. The summed E-state index contributed by atoms with van der Waals surface area (Å²) in [5.41, 5.74) is 5.62. The molecule has 1 unspecified atom stereocenters. The van der Waals surface area contributed by atoms with Crippen molar-refractivity contribution in [3.8, 4) is 0 Å². The van der Waals surface area contributed by atoms with Crippen LogP contribution in [0, 0.1) is 11.8 Å². The van der Waals surface area contributed by atoms with Gasteiger partial charge < -0.3 is 16.3 Å². The van der Waals surface area contributed by atoms with Gasteiger partial charge in [-0.1, -0.05) is 51.1 Å². The smallest absolute Gasteiger partial charge is 0.231 e. The minimum absolute atomic E-state index is 0.00153. The molecule has 19 heavy (non-hydrogen) atoms. The van der Waals surface area contributed by atoms with Crippen LogP contribution in [-0.4, -0.2) is 23.0 Å². The average molecular weight is 269 g/mol. The molecule has 5 heteroatoms. The van der Waals surface area contributed by atoms with Gasteiger partial charge in [0.05, 0.1) is 0 Å². The molecule has 1 aliphatic carbocycles. The first-order valence-electron chi connectivity index (χ1n) is 7.34. The maximum absolute atomic E-state index is 12.3. The maximum Gasteiger partial charge on any atom is 0.231 e. The second-order valence-electron chi connectivity index (χ2n) is 5.80. The molecule has 110 valence electrons. The van der Waals surface area contributed by atoms with Gasteiger partial charge in [0.2, 0.25) is 5.91 Å². The number of rotatable bonds is 4. The third kappa shape index (κ3) is 5.09. The van der Waals surface area contributed by atoms with Crippen molar-refractivity contribution in [2.75, 3.05) is 0 Å². The van der Waals surface area contributed by atoms with E-state index < -0.39 is 5.92 Å². The average Bonchev–Trinajstić information content (AvgIpc) is 2.31. The molecule has 0 saturated heterocycles. The molecule has 0 spiro atoms. The molecule has 1 aliphatic rings. The summed E-state index contributed by atoms with van der Waals surface area (Å²) in [5, 5.41) is 14.8. The second-order valence-corrected chi connectivity index (χ2v) is 5.80. The molecule has 0 radical (unpaired) electrons. The third-order valence-corrected chi connectivity index (χ3v) is 3.83. The third-order valence-electron chi connectivity index (χ3n) is 3.83. The van der Waals surface area contributed by atoms with Gasteiger partial charge >= 0.3 is 0 Å². The van der Waals surface area contributed by atoms with Crippen LogP contribution >= 0.6 is 0 Å². The minimum atomic E-state index is -0.546. The van der Waals surface area contributed by atoms with Crippen LogP contribution in [0.4, 0.5) is 0 Å². The van der Waals surface area contributed by atoms with Crippen LogP contribution < -0.4 is 11.1 Å². The summed E-state index contributed by atoms with van der Waals surface area (Å²) in [6, 6.07) is 0.237. The molecule has 1 fully saturated rings. The van der Waals surface area contributed by atoms with Crippen LogP contribution in [0.25, 0.3) is 0 Å². The Hall–Kier alpha value is -1.26. The zero-order chi connectivity index (χ0) is 14.3. The van der Waals surface area contributed by atoms with Crippen LogP contribution in [0.3, 0.4) is 0 Å². The van der Waals surface area contributed by atoms with Gasteiger partial charge in [0.15, 0.2) is 5.84 Å². The normalized spacial score (nSPS) is 20.7. The van der Waals surface area contributed by atoms with E-state index >= 15 is 0 Å². The quantitative estimate of drug-likeness (QED) is 0.316. The molecule has 0 bridgehead atoms. The molecule has 0 aromatic heterocycles. The molecule has 0 aliphatic heterocycles. The predicted octanol–water partition coefficient (Wildman–Crippen LogP) is 2.23. The molecular weight excluding hydrogens is 242 g/mol. The van der Waals surface area contributed by atoms with Crippen molar-refractivity contribution < 1.29 is 10.0 Å². The summed E-state index contributed by atoms with van der Waals surface area (Å²) in [7, 11) is 0. The summed E-state index contributed by atoms with van der Waals surface area (Å²) >= 11 is 0. The van der Waals surface area contributed by atoms with Crippen LogP contribution in [0.1, 0.15) is 58.8 Å². The second kappa shape index (κ2) is 8.02. The fraction of sp³-hybridized carbons (Fsp3) is 0.857. The highest BCUT2D eigenvalue weighted by Crippen LogP contribution is 2.18. The first kappa shape index (κ1) is 15.8. The molecule has 1 amide bonds. The van der Waals surface area contributed by atoms with E-state index in [0.717, 1.165) is 12.8 Å². The van der Waals surface area contributed by atoms with Crippen molar-refractivity contribution >= 4 is 11.7 Å². The molecule has 4 N–H and O–H groups in total. The Morgan fingerprint density at radius 1 is 1.21 bits per heavy atom. The van der Waals surface area contributed by atoms with E-state index in [1.165, 1.54) is 32.1 Å². The van der Waals surface area contributed by atoms with Crippen LogP contribution in [0.5, 0.6) is 0 Å². The lowest BCUT2D eigenvalue weighted by Gasteiger charge is -2.25. The maximum atomic E-state index is 12.3. The molecular formula is C14H27N3O2. The molecule has 1 saturated carbocycles. The van der Waals surface area contributed by atoms with Crippen molar-refractivity contribution in [2.45, 2.75) is 64.8 Å². The molecule has 5 nitrogen and oxygen atoms in total. The summed E-state index contributed by atoms with van der Waals surface area (Å²) in [6.45, 7) is 3.81. The molecule has 0 heterocycles. The number of amidine groups is 1. The number of oxime groups is 1. The topological polar surface area (TPSA) is 87.7 Å². The van der Waals surface area contributed by atoms with Crippen molar-refractivity contribution in [3.63, 3.8) is 0 Å². The van der Waals surface area contributed by atoms with Crippen LogP contribution in [0.2, 0.25) is 0 Å². The number of nitrogens with two attached hydrogens (primary N) is 1. The van der Waals surface area contributed by atoms with Crippen molar-refractivity contribution in [1.82, 2.24) is 5.32 Å². The molecule has 1 rings (SSSR count). The lowest BCUT2D eigenvalue weighted by Crippen LogP contribution is -2.45. The zero-order valence-corrected chi connectivity index (χ0v) is 12.1. The standard InChI is InChI=1S/C14H27N3O2/c1-10(2)12(13(15)17-19)14(18)16-11-8-6-4-3-5-7-9-11/h10-12,19H,3-9H2,1-2H3,(H2,15,17)(H,16,18). The minimum Gasteiger partial charge on any atom is -0.409 e. The molecule has 0 aromatic rings. The molecule has 0 aromatic carbocycles.